The van der Waals surface area contributed by atoms with Crippen molar-refractivity contribution in [3.63, 3.8) is 0 Å². The molecule has 1 atom stereocenters. The Morgan fingerprint density at radius 3 is 2.41 bits per heavy atom. The summed E-state index contributed by atoms with van der Waals surface area (Å²) in [7, 11) is 0. The van der Waals surface area contributed by atoms with Crippen LogP contribution in [0.2, 0.25) is 0 Å². The summed E-state index contributed by atoms with van der Waals surface area (Å²) in [5.41, 5.74) is 1.62. The smallest absolute Gasteiger partial charge is 0.290 e. The molecule has 6 heteroatoms. The number of amides is 1. The third-order valence-corrected chi connectivity index (χ3v) is 6.15. The van der Waals surface area contributed by atoms with Gasteiger partial charge in [0.1, 0.15) is 11.3 Å². The zero-order chi connectivity index (χ0) is 22.7. The maximum Gasteiger partial charge on any atom is 0.290 e. The normalized spacial score (nSPS) is 15.6. The van der Waals surface area contributed by atoms with Crippen LogP contribution in [0.3, 0.4) is 0 Å². The lowest BCUT2D eigenvalue weighted by Crippen LogP contribution is -2.33. The van der Waals surface area contributed by atoms with Gasteiger partial charge in [0, 0.05) is 6.54 Å². The molecule has 6 nitrogen and oxygen atoms in total. The second-order valence-corrected chi connectivity index (χ2v) is 7.95. The molecule has 0 spiro atoms. The highest BCUT2D eigenvalue weighted by atomic mass is 16.5. The number of nitrogens with zero attached hydrogens (tertiary/aromatic N) is 2. The number of carbonyl (C=O) groups is 1. The molecular formula is C26H30N2O4. The zero-order valence-corrected chi connectivity index (χ0v) is 19.0. The SMILES string of the molecule is CCOc1ccc([C@@H]2c3c(oc4ccccc4c3=O)C(=O)N2CCCN(CC)CC)cc1. The van der Waals surface area contributed by atoms with Crippen LogP contribution in [0.4, 0.5) is 0 Å². The van der Waals surface area contributed by atoms with E-state index in [1.165, 1.54) is 0 Å². The first-order valence-corrected chi connectivity index (χ1v) is 11.4. The van der Waals surface area contributed by atoms with E-state index in [0.717, 1.165) is 37.4 Å². The number of ether oxygens (including phenoxy) is 1. The van der Waals surface area contributed by atoms with Crippen LogP contribution in [-0.4, -0.2) is 48.5 Å². The number of fused-ring (bicyclic) bond motifs is 2. The van der Waals surface area contributed by atoms with Gasteiger partial charge in [-0.3, -0.25) is 9.59 Å². The minimum absolute atomic E-state index is 0.139. The maximum absolute atomic E-state index is 13.5. The highest BCUT2D eigenvalue weighted by molar-refractivity contribution is 5.99. The second-order valence-electron chi connectivity index (χ2n) is 7.95. The van der Waals surface area contributed by atoms with Crippen molar-refractivity contribution in [1.29, 1.82) is 0 Å². The van der Waals surface area contributed by atoms with Crippen LogP contribution in [0.5, 0.6) is 5.75 Å². The molecule has 0 unspecified atom stereocenters. The molecule has 1 amide bonds. The molecule has 2 aromatic carbocycles. The molecule has 1 aromatic heterocycles. The summed E-state index contributed by atoms with van der Waals surface area (Å²) >= 11 is 0. The van der Waals surface area contributed by atoms with Crippen molar-refractivity contribution in [2.24, 2.45) is 0 Å². The second kappa shape index (κ2) is 9.57. The van der Waals surface area contributed by atoms with E-state index in [2.05, 4.69) is 18.7 Å². The van der Waals surface area contributed by atoms with Crippen molar-refractivity contribution in [1.82, 2.24) is 9.80 Å². The fourth-order valence-corrected chi connectivity index (χ4v) is 4.46. The van der Waals surface area contributed by atoms with E-state index in [9.17, 15) is 9.59 Å². The Kier molecular flexibility index (Phi) is 6.61. The lowest BCUT2D eigenvalue weighted by molar-refractivity contribution is 0.0720. The predicted molar refractivity (Wildman–Crippen MR) is 125 cm³/mol. The number of hydrogen-bond donors (Lipinski definition) is 0. The number of para-hydroxylation sites is 1. The Hall–Kier alpha value is -3.12. The van der Waals surface area contributed by atoms with Crippen molar-refractivity contribution >= 4 is 16.9 Å². The standard InChI is InChI=1S/C26H30N2O4/c1-4-27(5-2)16-9-17-28-23(18-12-14-19(15-13-18)31-6-3)22-24(29)20-10-7-8-11-21(20)32-25(22)26(28)30/h7-8,10-15,23H,4-6,9,16-17H2,1-3H3/t23-/m1/s1. The molecule has 0 aliphatic carbocycles. The quantitative estimate of drug-likeness (QED) is 0.497. The van der Waals surface area contributed by atoms with Gasteiger partial charge in [0.05, 0.1) is 23.6 Å². The van der Waals surface area contributed by atoms with Crippen LogP contribution in [-0.2, 0) is 0 Å². The van der Waals surface area contributed by atoms with E-state index in [-0.39, 0.29) is 17.1 Å². The molecule has 4 rings (SSSR count). The minimum Gasteiger partial charge on any atom is -0.494 e. The largest absolute Gasteiger partial charge is 0.494 e. The summed E-state index contributed by atoms with van der Waals surface area (Å²) in [4.78, 5) is 31.0. The molecule has 1 aliphatic heterocycles. The lowest BCUT2D eigenvalue weighted by Gasteiger charge is -2.26. The molecule has 168 valence electrons. The van der Waals surface area contributed by atoms with Gasteiger partial charge in [-0.2, -0.15) is 0 Å². The molecule has 32 heavy (non-hydrogen) atoms. The van der Waals surface area contributed by atoms with E-state index in [0.29, 0.717) is 29.7 Å². The molecule has 0 fully saturated rings. The molecule has 0 radical (unpaired) electrons. The number of benzene rings is 2. The van der Waals surface area contributed by atoms with Gasteiger partial charge < -0.3 is 19.0 Å². The average molecular weight is 435 g/mol. The van der Waals surface area contributed by atoms with Gasteiger partial charge in [-0.25, -0.2) is 0 Å². The molecule has 3 aromatic rings. The Morgan fingerprint density at radius 1 is 1.00 bits per heavy atom. The first-order chi connectivity index (χ1) is 15.6. The molecule has 0 saturated heterocycles. The highest BCUT2D eigenvalue weighted by Crippen LogP contribution is 2.38. The summed E-state index contributed by atoms with van der Waals surface area (Å²) in [5, 5.41) is 0.500. The molecular weight excluding hydrogens is 404 g/mol. The topological polar surface area (TPSA) is 63.0 Å². The summed E-state index contributed by atoms with van der Waals surface area (Å²) in [6, 6.07) is 14.3. The van der Waals surface area contributed by atoms with Gasteiger partial charge in [0.2, 0.25) is 5.76 Å². The van der Waals surface area contributed by atoms with Crippen molar-refractivity contribution in [2.45, 2.75) is 33.2 Å². The number of hydrogen-bond acceptors (Lipinski definition) is 5. The van der Waals surface area contributed by atoms with Gasteiger partial charge >= 0.3 is 0 Å². The first-order valence-electron chi connectivity index (χ1n) is 11.4. The molecule has 1 aliphatic rings. The van der Waals surface area contributed by atoms with Crippen LogP contribution in [0.1, 0.15) is 54.9 Å². The average Bonchev–Trinajstić information content (AvgIpc) is 3.09. The monoisotopic (exact) mass is 434 g/mol. The third kappa shape index (κ3) is 4.02. The summed E-state index contributed by atoms with van der Waals surface area (Å²) in [6.07, 6.45) is 0.822. The van der Waals surface area contributed by atoms with Crippen molar-refractivity contribution in [3.8, 4) is 5.75 Å². The van der Waals surface area contributed by atoms with E-state index in [4.69, 9.17) is 9.15 Å². The zero-order valence-electron chi connectivity index (χ0n) is 19.0. The summed E-state index contributed by atoms with van der Waals surface area (Å²) < 4.78 is 11.6. The van der Waals surface area contributed by atoms with Gasteiger partial charge in [-0.1, -0.05) is 38.1 Å². The van der Waals surface area contributed by atoms with Crippen LogP contribution in [0, 0.1) is 0 Å². The Balaban J connectivity index is 1.76. The maximum atomic E-state index is 13.5. The first kappa shape index (κ1) is 22.1. The molecule has 0 bridgehead atoms. The molecule has 0 saturated carbocycles. The minimum atomic E-state index is -0.467. The van der Waals surface area contributed by atoms with E-state index >= 15 is 0 Å². The Morgan fingerprint density at radius 2 is 1.72 bits per heavy atom. The van der Waals surface area contributed by atoms with Crippen molar-refractivity contribution in [2.75, 3.05) is 32.8 Å². The van der Waals surface area contributed by atoms with E-state index < -0.39 is 6.04 Å². The number of rotatable bonds is 9. The lowest BCUT2D eigenvalue weighted by atomic mass is 9.98. The summed E-state index contributed by atoms with van der Waals surface area (Å²) in [6.45, 7) is 10.2. The third-order valence-electron chi connectivity index (χ3n) is 6.15. The van der Waals surface area contributed by atoms with Gasteiger partial charge in [-0.05, 0) is 62.8 Å². The molecule has 2 heterocycles. The fourth-order valence-electron chi connectivity index (χ4n) is 4.46. The highest BCUT2D eigenvalue weighted by Gasteiger charge is 2.42. The van der Waals surface area contributed by atoms with Gasteiger partial charge in [0.25, 0.3) is 5.91 Å². The van der Waals surface area contributed by atoms with Crippen LogP contribution in [0.15, 0.2) is 57.7 Å². The fraction of sp³-hybridized carbons (Fsp3) is 0.385. The van der Waals surface area contributed by atoms with Gasteiger partial charge in [0.15, 0.2) is 5.43 Å². The van der Waals surface area contributed by atoms with Gasteiger partial charge in [-0.15, -0.1) is 0 Å². The van der Waals surface area contributed by atoms with E-state index in [1.807, 2.05) is 43.3 Å². The summed E-state index contributed by atoms with van der Waals surface area (Å²) in [5.74, 6) is 0.705. The van der Waals surface area contributed by atoms with E-state index in [1.54, 1.807) is 17.0 Å². The van der Waals surface area contributed by atoms with Crippen molar-refractivity contribution in [3.05, 3.63) is 75.6 Å². The Labute approximate surface area is 188 Å². The van der Waals surface area contributed by atoms with Crippen LogP contribution < -0.4 is 10.2 Å². The predicted octanol–water partition coefficient (Wildman–Crippen LogP) is 4.47. The van der Waals surface area contributed by atoms with Crippen LogP contribution in [0.25, 0.3) is 11.0 Å². The van der Waals surface area contributed by atoms with Crippen LogP contribution >= 0.6 is 0 Å². The Bertz CT molecular complexity index is 1150. The molecule has 0 N–H and O–H groups in total. The number of carbonyl (C=O) groups excluding carboxylic acids is 1. The van der Waals surface area contributed by atoms with Crippen molar-refractivity contribution < 1.29 is 13.9 Å².